The van der Waals surface area contributed by atoms with Gasteiger partial charge in [-0.15, -0.1) is 0 Å². The molecule has 0 atom stereocenters. The second kappa shape index (κ2) is 9.10. The lowest BCUT2D eigenvalue weighted by Crippen LogP contribution is -2.10. The van der Waals surface area contributed by atoms with E-state index in [1.807, 2.05) is 24.3 Å². The lowest BCUT2D eigenvalue weighted by molar-refractivity contribution is -0.384. The Morgan fingerprint density at radius 2 is 1.28 bits per heavy atom. The van der Waals surface area contributed by atoms with E-state index in [1.165, 1.54) is 24.3 Å². The maximum absolute atomic E-state index is 11.4. The molecular formula is C24H20Cl2N2O4. The third kappa shape index (κ3) is 5.15. The van der Waals surface area contributed by atoms with Crippen molar-refractivity contribution in [3.8, 4) is 0 Å². The SMILES string of the molecule is CC(C)(C)c1ccc(C(=Cc2ccc(Cl)c([N+](=O)[O-])c2)c2ccc(Cl)c([N+](=O)[O-])c2)cc1. The van der Waals surface area contributed by atoms with Crippen molar-refractivity contribution in [3.05, 3.63) is 113 Å². The van der Waals surface area contributed by atoms with Gasteiger partial charge in [0.15, 0.2) is 0 Å². The third-order valence-electron chi connectivity index (χ3n) is 4.99. The van der Waals surface area contributed by atoms with Crippen molar-refractivity contribution in [2.45, 2.75) is 26.2 Å². The van der Waals surface area contributed by atoms with Crippen molar-refractivity contribution in [2.24, 2.45) is 0 Å². The number of hydrogen-bond acceptors (Lipinski definition) is 4. The summed E-state index contributed by atoms with van der Waals surface area (Å²) in [6.07, 6.45) is 1.74. The minimum atomic E-state index is -0.551. The van der Waals surface area contributed by atoms with Crippen molar-refractivity contribution in [3.63, 3.8) is 0 Å². The Morgan fingerprint density at radius 3 is 1.81 bits per heavy atom. The smallest absolute Gasteiger partial charge is 0.258 e. The first-order chi connectivity index (χ1) is 15.0. The fraction of sp³-hybridized carbons (Fsp3) is 0.167. The summed E-state index contributed by atoms with van der Waals surface area (Å²) in [5.41, 5.74) is 3.20. The summed E-state index contributed by atoms with van der Waals surface area (Å²) < 4.78 is 0. The van der Waals surface area contributed by atoms with Gasteiger partial charge in [0.1, 0.15) is 10.0 Å². The molecule has 6 nitrogen and oxygen atoms in total. The number of halogens is 2. The fourth-order valence-electron chi connectivity index (χ4n) is 3.23. The van der Waals surface area contributed by atoms with E-state index in [2.05, 4.69) is 20.8 Å². The summed E-state index contributed by atoms with van der Waals surface area (Å²) in [4.78, 5) is 21.6. The molecule has 0 amide bonds. The summed E-state index contributed by atoms with van der Waals surface area (Å²) in [7, 11) is 0. The largest absolute Gasteiger partial charge is 0.288 e. The highest BCUT2D eigenvalue weighted by atomic mass is 35.5. The van der Waals surface area contributed by atoms with Crippen molar-refractivity contribution >= 4 is 46.2 Å². The Morgan fingerprint density at radius 1 is 0.781 bits per heavy atom. The van der Waals surface area contributed by atoms with Crippen LogP contribution in [0.5, 0.6) is 0 Å². The van der Waals surface area contributed by atoms with Crippen LogP contribution in [0.1, 0.15) is 43.0 Å². The molecule has 0 aliphatic rings. The van der Waals surface area contributed by atoms with E-state index in [0.717, 1.165) is 11.1 Å². The predicted molar refractivity (Wildman–Crippen MR) is 128 cm³/mol. The van der Waals surface area contributed by atoms with Crippen molar-refractivity contribution in [1.82, 2.24) is 0 Å². The van der Waals surface area contributed by atoms with Crippen LogP contribution in [-0.4, -0.2) is 9.85 Å². The first-order valence-corrected chi connectivity index (χ1v) is 10.4. The molecule has 164 valence electrons. The minimum absolute atomic E-state index is 0.0308. The van der Waals surface area contributed by atoms with E-state index in [-0.39, 0.29) is 26.8 Å². The average Bonchev–Trinajstić information content (AvgIpc) is 2.72. The molecule has 0 aliphatic carbocycles. The van der Waals surface area contributed by atoms with E-state index >= 15 is 0 Å². The molecular weight excluding hydrogens is 451 g/mol. The summed E-state index contributed by atoms with van der Waals surface area (Å²) >= 11 is 11.9. The van der Waals surface area contributed by atoms with Gasteiger partial charge in [-0.3, -0.25) is 20.2 Å². The quantitative estimate of drug-likeness (QED) is 0.217. The zero-order chi connectivity index (χ0) is 23.6. The normalized spacial score (nSPS) is 12.0. The molecule has 0 saturated heterocycles. The van der Waals surface area contributed by atoms with Crippen LogP contribution in [0.25, 0.3) is 11.6 Å². The van der Waals surface area contributed by atoms with Gasteiger partial charge in [0.05, 0.1) is 9.85 Å². The van der Waals surface area contributed by atoms with Crippen LogP contribution < -0.4 is 0 Å². The first-order valence-electron chi connectivity index (χ1n) is 9.68. The molecule has 0 heterocycles. The van der Waals surface area contributed by atoms with Crippen molar-refractivity contribution in [2.75, 3.05) is 0 Å². The first kappa shape index (κ1) is 23.4. The maximum Gasteiger partial charge on any atom is 0.288 e. The van der Waals surface area contributed by atoms with Gasteiger partial charge in [-0.2, -0.15) is 0 Å². The Kier molecular flexibility index (Phi) is 6.67. The van der Waals surface area contributed by atoms with Gasteiger partial charge in [-0.1, -0.05) is 80.4 Å². The molecule has 32 heavy (non-hydrogen) atoms. The van der Waals surface area contributed by atoms with Gasteiger partial charge in [0.25, 0.3) is 11.4 Å². The number of nitro benzene ring substituents is 2. The van der Waals surface area contributed by atoms with Gasteiger partial charge < -0.3 is 0 Å². The number of nitrogens with zero attached hydrogens (tertiary/aromatic N) is 2. The molecule has 0 N–H and O–H groups in total. The molecule has 0 spiro atoms. The zero-order valence-electron chi connectivity index (χ0n) is 17.6. The highest BCUT2D eigenvalue weighted by molar-refractivity contribution is 6.33. The second-order valence-electron chi connectivity index (χ2n) is 8.28. The Hall–Kier alpha value is -3.22. The molecule has 0 radical (unpaired) electrons. The zero-order valence-corrected chi connectivity index (χ0v) is 19.1. The van der Waals surface area contributed by atoms with Gasteiger partial charge in [0, 0.05) is 12.1 Å². The van der Waals surface area contributed by atoms with Gasteiger partial charge in [0.2, 0.25) is 0 Å². The third-order valence-corrected chi connectivity index (χ3v) is 5.63. The lowest BCUT2D eigenvalue weighted by Gasteiger charge is -2.19. The van der Waals surface area contributed by atoms with Crippen LogP contribution in [-0.2, 0) is 5.41 Å². The molecule has 3 rings (SSSR count). The molecule has 0 fully saturated rings. The Balaban J connectivity index is 2.22. The molecule has 0 aliphatic heterocycles. The molecule has 3 aromatic rings. The topological polar surface area (TPSA) is 86.3 Å². The lowest BCUT2D eigenvalue weighted by atomic mass is 9.85. The van der Waals surface area contributed by atoms with Crippen LogP contribution in [0.4, 0.5) is 11.4 Å². The van der Waals surface area contributed by atoms with Crippen LogP contribution in [0, 0.1) is 20.2 Å². The molecule has 3 aromatic carbocycles. The Labute approximate surface area is 195 Å². The van der Waals surface area contributed by atoms with Crippen molar-refractivity contribution < 1.29 is 9.85 Å². The summed E-state index contributed by atoms with van der Waals surface area (Å²) in [6, 6.07) is 16.9. The van der Waals surface area contributed by atoms with Gasteiger partial charge >= 0.3 is 0 Å². The Bertz CT molecular complexity index is 1230. The van der Waals surface area contributed by atoms with Crippen LogP contribution in [0.3, 0.4) is 0 Å². The minimum Gasteiger partial charge on any atom is -0.258 e. The van der Waals surface area contributed by atoms with Gasteiger partial charge in [-0.05, 0) is 51.5 Å². The number of benzene rings is 3. The highest BCUT2D eigenvalue weighted by Gasteiger charge is 2.18. The van der Waals surface area contributed by atoms with E-state index in [1.54, 1.807) is 18.2 Å². The molecule has 0 unspecified atom stereocenters. The van der Waals surface area contributed by atoms with Crippen LogP contribution in [0.2, 0.25) is 10.0 Å². The monoisotopic (exact) mass is 470 g/mol. The van der Waals surface area contributed by atoms with E-state index in [0.29, 0.717) is 16.7 Å². The average molecular weight is 471 g/mol. The number of nitro groups is 2. The molecule has 8 heteroatoms. The maximum atomic E-state index is 11.4. The summed E-state index contributed by atoms with van der Waals surface area (Å²) in [6.45, 7) is 6.32. The second-order valence-corrected chi connectivity index (χ2v) is 9.09. The van der Waals surface area contributed by atoms with Crippen LogP contribution >= 0.6 is 23.2 Å². The number of rotatable bonds is 5. The number of hydrogen-bond donors (Lipinski definition) is 0. The van der Waals surface area contributed by atoms with Gasteiger partial charge in [-0.25, -0.2) is 0 Å². The standard InChI is InChI=1S/C24H20Cl2N2O4/c1-24(2,3)18-8-5-16(6-9-18)19(17-7-11-21(26)23(14-17)28(31)32)12-15-4-10-20(25)22(13-15)27(29)30/h4-14H,1-3H3. The van der Waals surface area contributed by atoms with E-state index < -0.39 is 9.85 Å². The van der Waals surface area contributed by atoms with E-state index in [4.69, 9.17) is 23.2 Å². The van der Waals surface area contributed by atoms with Crippen LogP contribution in [0.15, 0.2) is 60.7 Å². The molecule has 0 bridgehead atoms. The fourth-order valence-corrected chi connectivity index (χ4v) is 3.60. The summed E-state index contributed by atoms with van der Waals surface area (Å²) in [5.74, 6) is 0. The molecule has 0 aromatic heterocycles. The van der Waals surface area contributed by atoms with Crippen molar-refractivity contribution in [1.29, 1.82) is 0 Å². The predicted octanol–water partition coefficient (Wildman–Crippen LogP) is 7.70. The van der Waals surface area contributed by atoms with E-state index in [9.17, 15) is 20.2 Å². The highest BCUT2D eigenvalue weighted by Crippen LogP contribution is 2.34. The molecule has 0 saturated carbocycles. The summed E-state index contributed by atoms with van der Waals surface area (Å²) in [5, 5.41) is 22.8.